The first-order chi connectivity index (χ1) is 10.1. The number of carbonyl (C=O) groups is 2. The van der Waals surface area contributed by atoms with Crippen LogP contribution in [0, 0.1) is 0 Å². The highest BCUT2D eigenvalue weighted by atomic mass is 79.9. The predicted molar refractivity (Wildman–Crippen MR) is 84.5 cm³/mol. The molecule has 0 unspecified atom stereocenters. The molecule has 1 saturated carbocycles. The van der Waals surface area contributed by atoms with E-state index in [1.54, 1.807) is 18.2 Å². The van der Waals surface area contributed by atoms with Gasteiger partial charge in [-0.2, -0.15) is 0 Å². The Hall–Kier alpha value is -1.56. The second kappa shape index (κ2) is 7.45. The Morgan fingerprint density at radius 3 is 2.62 bits per heavy atom. The summed E-state index contributed by atoms with van der Waals surface area (Å²) in [5.41, 5.74) is 0.768. The zero-order valence-electron chi connectivity index (χ0n) is 11.9. The van der Waals surface area contributed by atoms with E-state index >= 15 is 0 Å². The zero-order chi connectivity index (χ0) is 15.2. The topological polar surface area (TPSA) is 67.4 Å². The van der Waals surface area contributed by atoms with Crippen LogP contribution < -0.4 is 10.6 Å². The van der Waals surface area contributed by atoms with Gasteiger partial charge in [0.05, 0.1) is 18.4 Å². The standard InChI is InChI=1S/C15H19BrN2O3/c1-21-14(19)12-9-10(16)7-8-13(12)18-15(20)17-11-5-3-2-4-6-11/h7-9,11H,2-6H2,1H3,(H2,17,18,20). The molecule has 2 amide bonds. The third-order valence-corrected chi connectivity index (χ3v) is 4.07. The number of halogens is 1. The first kappa shape index (κ1) is 15.8. The van der Waals surface area contributed by atoms with Crippen LogP contribution in [0.1, 0.15) is 42.5 Å². The Balaban J connectivity index is 2.04. The third-order valence-electron chi connectivity index (χ3n) is 3.58. The van der Waals surface area contributed by atoms with Crippen molar-refractivity contribution in [2.24, 2.45) is 0 Å². The smallest absolute Gasteiger partial charge is 0.340 e. The monoisotopic (exact) mass is 354 g/mol. The summed E-state index contributed by atoms with van der Waals surface area (Å²) in [6.45, 7) is 0. The molecule has 2 rings (SSSR count). The maximum Gasteiger partial charge on any atom is 0.340 e. The van der Waals surface area contributed by atoms with Crippen LogP contribution in [0.2, 0.25) is 0 Å². The predicted octanol–water partition coefficient (Wildman–Crippen LogP) is 3.69. The van der Waals surface area contributed by atoms with Crippen molar-refractivity contribution in [3.8, 4) is 0 Å². The summed E-state index contributed by atoms with van der Waals surface area (Å²) in [6.07, 6.45) is 5.56. The number of nitrogens with one attached hydrogen (secondary N) is 2. The second-order valence-corrected chi connectivity index (χ2v) is 6.03. The summed E-state index contributed by atoms with van der Waals surface area (Å²) < 4.78 is 5.48. The van der Waals surface area contributed by atoms with E-state index in [0.29, 0.717) is 11.3 Å². The molecule has 0 bridgehead atoms. The van der Waals surface area contributed by atoms with Gasteiger partial charge in [-0.15, -0.1) is 0 Å². The molecule has 1 aromatic rings. The average Bonchev–Trinajstić information content (AvgIpc) is 2.49. The number of ether oxygens (including phenoxy) is 1. The molecule has 1 aliphatic carbocycles. The molecule has 0 atom stereocenters. The Bertz CT molecular complexity index is 528. The minimum Gasteiger partial charge on any atom is -0.465 e. The minimum absolute atomic E-state index is 0.218. The highest BCUT2D eigenvalue weighted by molar-refractivity contribution is 9.10. The van der Waals surface area contributed by atoms with Gasteiger partial charge in [0.2, 0.25) is 0 Å². The lowest BCUT2D eigenvalue weighted by Crippen LogP contribution is -2.39. The molecule has 1 aromatic carbocycles. The molecule has 0 aliphatic heterocycles. The van der Waals surface area contributed by atoms with Gasteiger partial charge in [-0.1, -0.05) is 35.2 Å². The maximum absolute atomic E-state index is 12.0. The third kappa shape index (κ3) is 4.46. The minimum atomic E-state index is -0.482. The van der Waals surface area contributed by atoms with Crippen LogP contribution in [-0.2, 0) is 4.74 Å². The van der Waals surface area contributed by atoms with Gasteiger partial charge in [-0.25, -0.2) is 9.59 Å². The first-order valence-corrected chi connectivity index (χ1v) is 7.85. The fourth-order valence-corrected chi connectivity index (χ4v) is 2.86. The van der Waals surface area contributed by atoms with Crippen molar-refractivity contribution in [3.63, 3.8) is 0 Å². The summed E-state index contributed by atoms with van der Waals surface area (Å²) in [6, 6.07) is 5.01. The SMILES string of the molecule is COC(=O)c1cc(Br)ccc1NC(=O)NC1CCCCC1. The van der Waals surface area contributed by atoms with Gasteiger partial charge in [-0.05, 0) is 31.0 Å². The molecule has 1 fully saturated rings. The van der Waals surface area contributed by atoms with Gasteiger partial charge in [-0.3, -0.25) is 0 Å². The fourth-order valence-electron chi connectivity index (χ4n) is 2.50. The maximum atomic E-state index is 12.0. The van der Waals surface area contributed by atoms with Gasteiger partial charge in [0, 0.05) is 10.5 Å². The Labute approximate surface area is 132 Å². The normalized spacial score (nSPS) is 15.3. The number of urea groups is 1. The molecular weight excluding hydrogens is 336 g/mol. The van der Waals surface area contributed by atoms with Crippen LogP contribution in [0.4, 0.5) is 10.5 Å². The van der Waals surface area contributed by atoms with Gasteiger partial charge < -0.3 is 15.4 Å². The van der Waals surface area contributed by atoms with Crippen LogP contribution in [0.5, 0.6) is 0 Å². The van der Waals surface area contributed by atoms with Gasteiger partial charge in [0.1, 0.15) is 0 Å². The van der Waals surface area contributed by atoms with E-state index in [9.17, 15) is 9.59 Å². The number of amides is 2. The lowest BCUT2D eigenvalue weighted by Gasteiger charge is -2.23. The number of hydrogen-bond acceptors (Lipinski definition) is 3. The molecule has 21 heavy (non-hydrogen) atoms. The van der Waals surface area contributed by atoms with Gasteiger partial charge in [0.25, 0.3) is 0 Å². The van der Waals surface area contributed by atoms with Crippen LogP contribution >= 0.6 is 15.9 Å². The van der Waals surface area contributed by atoms with Crippen molar-refractivity contribution in [1.29, 1.82) is 0 Å². The van der Waals surface area contributed by atoms with E-state index in [0.717, 1.165) is 30.2 Å². The van der Waals surface area contributed by atoms with E-state index in [1.165, 1.54) is 13.5 Å². The van der Waals surface area contributed by atoms with Crippen molar-refractivity contribution in [2.75, 3.05) is 12.4 Å². The zero-order valence-corrected chi connectivity index (χ0v) is 13.5. The van der Waals surface area contributed by atoms with Gasteiger partial charge >= 0.3 is 12.0 Å². The number of benzene rings is 1. The van der Waals surface area contributed by atoms with E-state index in [4.69, 9.17) is 4.74 Å². The summed E-state index contributed by atoms with van der Waals surface area (Å²) in [7, 11) is 1.31. The molecule has 0 radical (unpaired) electrons. The lowest BCUT2D eigenvalue weighted by molar-refractivity contribution is 0.0602. The molecule has 0 heterocycles. The summed E-state index contributed by atoms with van der Waals surface area (Å²) in [4.78, 5) is 23.8. The molecule has 5 nitrogen and oxygen atoms in total. The number of methoxy groups -OCH3 is 1. The van der Waals surface area contributed by atoms with Crippen molar-refractivity contribution in [2.45, 2.75) is 38.1 Å². The van der Waals surface area contributed by atoms with Crippen LogP contribution in [-0.4, -0.2) is 25.2 Å². The average molecular weight is 355 g/mol. The first-order valence-electron chi connectivity index (χ1n) is 7.05. The summed E-state index contributed by atoms with van der Waals surface area (Å²) in [5, 5.41) is 5.68. The largest absolute Gasteiger partial charge is 0.465 e. The number of carbonyl (C=O) groups excluding carboxylic acids is 2. The van der Waals surface area contributed by atoms with Crippen LogP contribution in [0.25, 0.3) is 0 Å². The van der Waals surface area contributed by atoms with Crippen LogP contribution in [0.3, 0.4) is 0 Å². The molecule has 6 heteroatoms. The highest BCUT2D eigenvalue weighted by Gasteiger charge is 2.18. The second-order valence-electron chi connectivity index (χ2n) is 5.11. The highest BCUT2D eigenvalue weighted by Crippen LogP contribution is 2.22. The van der Waals surface area contributed by atoms with Crippen molar-refractivity contribution < 1.29 is 14.3 Å². The molecular formula is C15H19BrN2O3. The lowest BCUT2D eigenvalue weighted by atomic mass is 9.96. The molecule has 0 aromatic heterocycles. The number of anilines is 1. The molecule has 114 valence electrons. The fraction of sp³-hybridized carbons (Fsp3) is 0.467. The summed E-state index contributed by atoms with van der Waals surface area (Å²) in [5.74, 6) is -0.482. The van der Waals surface area contributed by atoms with E-state index in [1.807, 2.05) is 0 Å². The van der Waals surface area contributed by atoms with Crippen molar-refractivity contribution in [3.05, 3.63) is 28.2 Å². The van der Waals surface area contributed by atoms with Crippen molar-refractivity contribution in [1.82, 2.24) is 5.32 Å². The molecule has 0 spiro atoms. The quantitative estimate of drug-likeness (QED) is 0.813. The molecule has 2 N–H and O–H groups in total. The Morgan fingerprint density at radius 2 is 1.95 bits per heavy atom. The van der Waals surface area contributed by atoms with E-state index < -0.39 is 5.97 Å². The van der Waals surface area contributed by atoms with E-state index in [2.05, 4.69) is 26.6 Å². The van der Waals surface area contributed by atoms with Gasteiger partial charge in [0.15, 0.2) is 0 Å². The number of esters is 1. The van der Waals surface area contributed by atoms with E-state index in [-0.39, 0.29) is 12.1 Å². The van der Waals surface area contributed by atoms with Crippen molar-refractivity contribution >= 4 is 33.6 Å². The molecule has 0 saturated heterocycles. The Morgan fingerprint density at radius 1 is 1.24 bits per heavy atom. The van der Waals surface area contributed by atoms with Crippen LogP contribution in [0.15, 0.2) is 22.7 Å². The number of hydrogen-bond donors (Lipinski definition) is 2. The number of rotatable bonds is 3. The summed E-state index contributed by atoms with van der Waals surface area (Å²) >= 11 is 3.30. The molecule has 1 aliphatic rings. The Kier molecular flexibility index (Phi) is 5.61.